The molecule has 0 aromatic carbocycles. The van der Waals surface area contributed by atoms with Crippen molar-refractivity contribution in [1.82, 2.24) is 10.2 Å². The maximum absolute atomic E-state index is 12.2. The molecule has 2 N–H and O–H groups in total. The van der Waals surface area contributed by atoms with Crippen molar-refractivity contribution in [3.05, 3.63) is 0 Å². The number of amides is 1. The van der Waals surface area contributed by atoms with Crippen LogP contribution in [0.15, 0.2) is 0 Å². The van der Waals surface area contributed by atoms with Crippen LogP contribution in [-0.4, -0.2) is 53.5 Å². The zero-order chi connectivity index (χ0) is 17.5. The number of carbonyl (C=O) groups excluding carboxylic acids is 1. The average molecular weight is 328 g/mol. The first-order chi connectivity index (χ1) is 10.7. The number of aliphatic hydroxyl groups excluding tert-OH is 1. The van der Waals surface area contributed by atoms with Crippen LogP contribution in [0.25, 0.3) is 0 Å². The fourth-order valence-electron chi connectivity index (χ4n) is 3.13. The zero-order valence-corrected chi connectivity index (χ0v) is 15.6. The van der Waals surface area contributed by atoms with Crippen molar-refractivity contribution in [2.45, 2.75) is 84.5 Å². The van der Waals surface area contributed by atoms with E-state index in [1.807, 2.05) is 20.8 Å². The molecule has 2 unspecified atom stereocenters. The third-order valence-electron chi connectivity index (χ3n) is 4.34. The van der Waals surface area contributed by atoms with Crippen LogP contribution in [-0.2, 0) is 4.74 Å². The Labute approximate surface area is 141 Å². The van der Waals surface area contributed by atoms with E-state index in [2.05, 4.69) is 12.2 Å². The smallest absolute Gasteiger partial charge is 0.410 e. The maximum atomic E-state index is 12.2. The number of carbonyl (C=O) groups is 1. The molecule has 5 nitrogen and oxygen atoms in total. The van der Waals surface area contributed by atoms with E-state index in [0.29, 0.717) is 19.1 Å². The van der Waals surface area contributed by atoms with E-state index >= 15 is 0 Å². The van der Waals surface area contributed by atoms with Crippen LogP contribution in [0.3, 0.4) is 0 Å². The van der Waals surface area contributed by atoms with Crippen LogP contribution in [0.1, 0.15) is 66.7 Å². The second-order valence-electron chi connectivity index (χ2n) is 7.92. The standard InChI is InChI=1S/C18H36N2O3/c1-14(21)13-20(17(22)23-18(3,4)5)12-11-19-15(2)16-9-7-6-8-10-16/h14-16,19,21H,6-13H2,1-5H3. The third-order valence-corrected chi connectivity index (χ3v) is 4.34. The molecule has 0 saturated heterocycles. The number of nitrogens with one attached hydrogen (secondary N) is 1. The lowest BCUT2D eigenvalue weighted by Crippen LogP contribution is -2.45. The molecular weight excluding hydrogens is 292 g/mol. The number of hydrogen-bond donors (Lipinski definition) is 2. The summed E-state index contributed by atoms with van der Waals surface area (Å²) in [6, 6.07) is 0.474. The molecule has 0 spiro atoms. The zero-order valence-electron chi connectivity index (χ0n) is 15.6. The number of hydrogen-bond acceptors (Lipinski definition) is 4. The van der Waals surface area contributed by atoms with Gasteiger partial charge in [0.15, 0.2) is 0 Å². The van der Waals surface area contributed by atoms with E-state index in [0.717, 1.165) is 12.5 Å². The highest BCUT2D eigenvalue weighted by Crippen LogP contribution is 2.26. The molecule has 1 rings (SSSR count). The number of rotatable bonds is 7. The number of aliphatic hydroxyl groups is 1. The molecule has 1 saturated carbocycles. The normalized spacial score (nSPS) is 19.2. The van der Waals surface area contributed by atoms with Crippen LogP contribution in [0.4, 0.5) is 4.79 Å². The summed E-state index contributed by atoms with van der Waals surface area (Å²) in [5.41, 5.74) is -0.517. The molecule has 2 atom stereocenters. The van der Waals surface area contributed by atoms with Crippen LogP contribution >= 0.6 is 0 Å². The summed E-state index contributed by atoms with van der Waals surface area (Å²) in [6.07, 6.45) is 5.73. The van der Waals surface area contributed by atoms with E-state index in [9.17, 15) is 9.90 Å². The van der Waals surface area contributed by atoms with Gasteiger partial charge in [-0.05, 0) is 53.4 Å². The van der Waals surface area contributed by atoms with Gasteiger partial charge in [-0.1, -0.05) is 19.3 Å². The van der Waals surface area contributed by atoms with Gasteiger partial charge in [-0.3, -0.25) is 0 Å². The SMILES string of the molecule is CC(O)CN(CCNC(C)C1CCCCC1)C(=O)OC(C)(C)C. The van der Waals surface area contributed by atoms with Gasteiger partial charge < -0.3 is 20.1 Å². The van der Waals surface area contributed by atoms with Crippen molar-refractivity contribution in [3.63, 3.8) is 0 Å². The van der Waals surface area contributed by atoms with Crippen LogP contribution < -0.4 is 5.32 Å². The lowest BCUT2D eigenvalue weighted by Gasteiger charge is -2.31. The minimum atomic E-state index is -0.557. The molecule has 1 aliphatic rings. The highest BCUT2D eigenvalue weighted by molar-refractivity contribution is 5.68. The molecular formula is C18H36N2O3. The second kappa shape index (κ2) is 9.48. The lowest BCUT2D eigenvalue weighted by atomic mass is 9.84. The molecule has 0 aliphatic heterocycles. The van der Waals surface area contributed by atoms with Gasteiger partial charge in [0.2, 0.25) is 0 Å². The Morgan fingerprint density at radius 2 is 1.87 bits per heavy atom. The summed E-state index contributed by atoms with van der Waals surface area (Å²) < 4.78 is 5.42. The van der Waals surface area contributed by atoms with Crippen LogP contribution in [0, 0.1) is 5.92 Å². The Balaban J connectivity index is 2.42. The fourth-order valence-corrected chi connectivity index (χ4v) is 3.13. The molecule has 0 bridgehead atoms. The average Bonchev–Trinajstić information content (AvgIpc) is 2.44. The van der Waals surface area contributed by atoms with Crippen molar-refractivity contribution >= 4 is 6.09 Å². The van der Waals surface area contributed by atoms with Crippen molar-refractivity contribution in [1.29, 1.82) is 0 Å². The maximum Gasteiger partial charge on any atom is 0.410 e. The summed E-state index contributed by atoms with van der Waals surface area (Å²) in [5, 5.41) is 13.2. The molecule has 1 aliphatic carbocycles. The molecule has 23 heavy (non-hydrogen) atoms. The summed E-state index contributed by atoms with van der Waals surface area (Å²) in [4.78, 5) is 13.8. The molecule has 0 radical (unpaired) electrons. The van der Waals surface area contributed by atoms with Crippen LogP contribution in [0.5, 0.6) is 0 Å². The van der Waals surface area contributed by atoms with Gasteiger partial charge in [-0.15, -0.1) is 0 Å². The Morgan fingerprint density at radius 1 is 1.26 bits per heavy atom. The highest BCUT2D eigenvalue weighted by atomic mass is 16.6. The largest absolute Gasteiger partial charge is 0.444 e. The minimum Gasteiger partial charge on any atom is -0.444 e. The van der Waals surface area contributed by atoms with Crippen LogP contribution in [0.2, 0.25) is 0 Å². The van der Waals surface area contributed by atoms with E-state index in [1.165, 1.54) is 32.1 Å². The van der Waals surface area contributed by atoms with E-state index in [1.54, 1.807) is 11.8 Å². The number of nitrogens with zero attached hydrogens (tertiary/aromatic N) is 1. The Morgan fingerprint density at radius 3 is 2.39 bits per heavy atom. The molecule has 1 amide bonds. The van der Waals surface area contributed by atoms with E-state index in [4.69, 9.17) is 4.74 Å². The third kappa shape index (κ3) is 8.56. The topological polar surface area (TPSA) is 61.8 Å². The van der Waals surface area contributed by atoms with Gasteiger partial charge in [-0.25, -0.2) is 4.79 Å². The molecule has 0 aromatic rings. The predicted octanol–water partition coefficient (Wildman–Crippen LogP) is 3.16. The summed E-state index contributed by atoms with van der Waals surface area (Å²) >= 11 is 0. The summed E-state index contributed by atoms with van der Waals surface area (Å²) in [6.45, 7) is 11.1. The molecule has 136 valence electrons. The monoisotopic (exact) mass is 328 g/mol. The summed E-state index contributed by atoms with van der Waals surface area (Å²) in [5.74, 6) is 0.746. The Bertz CT molecular complexity index is 347. The number of ether oxygens (including phenoxy) is 1. The minimum absolute atomic E-state index is 0.300. The van der Waals surface area contributed by atoms with Gasteiger partial charge in [0.05, 0.1) is 6.10 Å². The molecule has 5 heteroatoms. The highest BCUT2D eigenvalue weighted by Gasteiger charge is 2.24. The van der Waals surface area contributed by atoms with E-state index < -0.39 is 11.7 Å². The Hall–Kier alpha value is -0.810. The van der Waals surface area contributed by atoms with Gasteiger partial charge in [0.1, 0.15) is 5.60 Å². The predicted molar refractivity (Wildman–Crippen MR) is 93.5 cm³/mol. The van der Waals surface area contributed by atoms with Gasteiger partial charge >= 0.3 is 6.09 Å². The quantitative estimate of drug-likeness (QED) is 0.753. The van der Waals surface area contributed by atoms with Gasteiger partial charge in [-0.2, -0.15) is 0 Å². The van der Waals surface area contributed by atoms with Crippen molar-refractivity contribution in [3.8, 4) is 0 Å². The van der Waals surface area contributed by atoms with E-state index in [-0.39, 0.29) is 6.09 Å². The molecule has 0 aromatic heterocycles. The van der Waals surface area contributed by atoms with Gasteiger partial charge in [0, 0.05) is 25.7 Å². The first-order valence-corrected chi connectivity index (χ1v) is 9.08. The first-order valence-electron chi connectivity index (χ1n) is 9.08. The first kappa shape index (κ1) is 20.2. The van der Waals surface area contributed by atoms with Crippen molar-refractivity contribution in [2.75, 3.05) is 19.6 Å². The molecule has 0 heterocycles. The molecule has 1 fully saturated rings. The summed E-state index contributed by atoms with van der Waals surface area (Å²) in [7, 11) is 0. The second-order valence-corrected chi connectivity index (χ2v) is 7.92. The lowest BCUT2D eigenvalue weighted by molar-refractivity contribution is 0.0162. The fraction of sp³-hybridized carbons (Fsp3) is 0.944. The Kier molecular flexibility index (Phi) is 8.34. The van der Waals surface area contributed by atoms with Crippen molar-refractivity contribution in [2.24, 2.45) is 5.92 Å². The van der Waals surface area contributed by atoms with Crippen molar-refractivity contribution < 1.29 is 14.6 Å². The van der Waals surface area contributed by atoms with Gasteiger partial charge in [0.25, 0.3) is 0 Å².